The fourth-order valence-corrected chi connectivity index (χ4v) is 5.95. The molecule has 0 radical (unpaired) electrons. The molecule has 2 aliphatic rings. The molecule has 152 valence electrons. The van der Waals surface area contributed by atoms with E-state index >= 15 is 0 Å². The average molecular weight is 412 g/mol. The van der Waals surface area contributed by atoms with Gasteiger partial charge in [0, 0.05) is 13.1 Å². The lowest BCUT2D eigenvalue weighted by Crippen LogP contribution is -2.29. The molecule has 0 bridgehead atoms. The monoisotopic (exact) mass is 411 g/mol. The molecule has 1 aliphatic carbocycles. The summed E-state index contributed by atoms with van der Waals surface area (Å²) >= 11 is 0. The number of fused-ring (bicyclic) bond motifs is 1. The number of nitrogens with zero attached hydrogens (tertiary/aromatic N) is 1. The van der Waals surface area contributed by atoms with Crippen LogP contribution in [0.15, 0.2) is 65.6 Å². The van der Waals surface area contributed by atoms with Gasteiger partial charge in [-0.1, -0.05) is 54.1 Å². The summed E-state index contributed by atoms with van der Waals surface area (Å²) < 4.78 is 32.9. The van der Waals surface area contributed by atoms with E-state index in [1.54, 1.807) is 16.4 Å². The summed E-state index contributed by atoms with van der Waals surface area (Å²) in [6.07, 6.45) is 2.69. The Labute approximate surface area is 172 Å². The number of sulfonamides is 1. The van der Waals surface area contributed by atoms with Crippen molar-refractivity contribution < 1.29 is 17.9 Å². The Balaban J connectivity index is 1.65. The van der Waals surface area contributed by atoms with Crippen LogP contribution in [0.1, 0.15) is 17.5 Å². The molecule has 2 aromatic carbocycles. The maximum atomic E-state index is 13.1. The Morgan fingerprint density at radius 1 is 1.03 bits per heavy atom. The van der Waals surface area contributed by atoms with E-state index in [4.69, 9.17) is 4.74 Å². The van der Waals surface area contributed by atoms with Crippen LogP contribution in [0, 0.1) is 24.7 Å². The number of rotatable bonds is 4. The smallest absolute Gasteiger partial charge is 0.313 e. The number of ether oxygens (including phenoxy) is 1. The van der Waals surface area contributed by atoms with Gasteiger partial charge in [-0.2, -0.15) is 4.31 Å². The van der Waals surface area contributed by atoms with Gasteiger partial charge in [0.05, 0.1) is 17.9 Å². The molecule has 0 spiro atoms. The van der Waals surface area contributed by atoms with Crippen molar-refractivity contribution in [1.29, 1.82) is 0 Å². The third kappa shape index (κ3) is 3.74. The van der Waals surface area contributed by atoms with Gasteiger partial charge in [0.25, 0.3) is 0 Å². The van der Waals surface area contributed by atoms with Crippen molar-refractivity contribution in [2.24, 2.45) is 17.8 Å². The molecule has 1 heterocycles. The van der Waals surface area contributed by atoms with Crippen molar-refractivity contribution in [3.8, 4) is 0 Å². The van der Waals surface area contributed by atoms with Gasteiger partial charge >= 0.3 is 5.97 Å². The minimum atomic E-state index is -3.55. The van der Waals surface area contributed by atoms with Gasteiger partial charge in [0.15, 0.2) is 0 Å². The zero-order valence-electron chi connectivity index (χ0n) is 16.6. The van der Waals surface area contributed by atoms with E-state index < -0.39 is 10.0 Å². The third-order valence-corrected chi connectivity index (χ3v) is 7.86. The lowest BCUT2D eigenvalue weighted by atomic mass is 9.74. The van der Waals surface area contributed by atoms with Gasteiger partial charge in [0.2, 0.25) is 10.0 Å². The Morgan fingerprint density at radius 2 is 1.72 bits per heavy atom. The number of esters is 1. The first kappa shape index (κ1) is 19.9. The molecule has 1 aliphatic heterocycles. The Bertz CT molecular complexity index is 1030. The maximum Gasteiger partial charge on any atom is 0.313 e. The van der Waals surface area contributed by atoms with Crippen LogP contribution in [0.4, 0.5) is 0 Å². The SMILES string of the molecule is COC(=O)[C@H]1C[C@H]2CN(S(=O)(=O)c3ccc(C)cc3)C[C@H]2C=C1c1ccccc1. The quantitative estimate of drug-likeness (QED) is 0.723. The first-order chi connectivity index (χ1) is 13.9. The lowest BCUT2D eigenvalue weighted by molar-refractivity contribution is -0.144. The van der Waals surface area contributed by atoms with Gasteiger partial charge in [-0.25, -0.2) is 8.42 Å². The van der Waals surface area contributed by atoms with E-state index in [2.05, 4.69) is 6.08 Å². The van der Waals surface area contributed by atoms with E-state index in [9.17, 15) is 13.2 Å². The van der Waals surface area contributed by atoms with Crippen molar-refractivity contribution in [2.75, 3.05) is 20.2 Å². The number of benzene rings is 2. The molecular weight excluding hydrogens is 386 g/mol. The summed E-state index contributed by atoms with van der Waals surface area (Å²) in [5.41, 5.74) is 2.95. The number of methoxy groups -OCH3 is 1. The zero-order chi connectivity index (χ0) is 20.6. The molecule has 0 amide bonds. The van der Waals surface area contributed by atoms with Crippen LogP contribution in [0.5, 0.6) is 0 Å². The van der Waals surface area contributed by atoms with Crippen LogP contribution in [0.3, 0.4) is 0 Å². The lowest BCUT2D eigenvalue weighted by Gasteiger charge is -2.29. The van der Waals surface area contributed by atoms with Crippen LogP contribution in [-0.4, -0.2) is 38.9 Å². The first-order valence-corrected chi connectivity index (χ1v) is 11.3. The van der Waals surface area contributed by atoms with E-state index in [0.717, 1.165) is 16.7 Å². The predicted octanol–water partition coefficient (Wildman–Crippen LogP) is 3.51. The van der Waals surface area contributed by atoms with Crippen molar-refractivity contribution in [3.05, 3.63) is 71.8 Å². The molecule has 4 rings (SSSR count). The van der Waals surface area contributed by atoms with Crippen molar-refractivity contribution in [2.45, 2.75) is 18.2 Å². The predicted molar refractivity (Wildman–Crippen MR) is 111 cm³/mol. The van der Waals surface area contributed by atoms with Gasteiger partial charge in [-0.05, 0) is 48.4 Å². The van der Waals surface area contributed by atoms with Crippen molar-refractivity contribution in [3.63, 3.8) is 0 Å². The molecule has 3 atom stereocenters. The van der Waals surface area contributed by atoms with Crippen LogP contribution in [0.25, 0.3) is 5.57 Å². The van der Waals surface area contributed by atoms with Crippen LogP contribution >= 0.6 is 0 Å². The molecule has 5 nitrogen and oxygen atoms in total. The topological polar surface area (TPSA) is 63.7 Å². The van der Waals surface area contributed by atoms with Gasteiger partial charge in [0.1, 0.15) is 0 Å². The molecule has 1 saturated heterocycles. The number of hydrogen-bond acceptors (Lipinski definition) is 4. The summed E-state index contributed by atoms with van der Waals surface area (Å²) in [5.74, 6) is -0.442. The highest BCUT2D eigenvalue weighted by Gasteiger charge is 2.44. The third-order valence-electron chi connectivity index (χ3n) is 6.02. The number of carbonyl (C=O) groups is 1. The van der Waals surface area contributed by atoms with Gasteiger partial charge in [-0.15, -0.1) is 0 Å². The Hall–Kier alpha value is -2.44. The largest absolute Gasteiger partial charge is 0.469 e. The minimum absolute atomic E-state index is 0.0892. The Kier molecular flexibility index (Phi) is 5.32. The Morgan fingerprint density at radius 3 is 2.38 bits per heavy atom. The second-order valence-electron chi connectivity index (χ2n) is 7.86. The van der Waals surface area contributed by atoms with Crippen molar-refractivity contribution >= 4 is 21.6 Å². The molecule has 0 N–H and O–H groups in total. The average Bonchev–Trinajstić information content (AvgIpc) is 3.17. The molecule has 2 aromatic rings. The van der Waals surface area contributed by atoms with Crippen LogP contribution < -0.4 is 0 Å². The fraction of sp³-hybridized carbons (Fsp3) is 0.348. The summed E-state index contributed by atoms with van der Waals surface area (Å²) in [7, 11) is -2.15. The summed E-state index contributed by atoms with van der Waals surface area (Å²) in [6, 6.07) is 16.8. The van der Waals surface area contributed by atoms with Crippen molar-refractivity contribution in [1.82, 2.24) is 4.31 Å². The molecule has 29 heavy (non-hydrogen) atoms. The second kappa shape index (κ2) is 7.76. The maximum absolute atomic E-state index is 13.1. The summed E-state index contributed by atoms with van der Waals surface area (Å²) in [4.78, 5) is 12.8. The summed E-state index contributed by atoms with van der Waals surface area (Å²) in [5, 5.41) is 0. The van der Waals surface area contributed by atoms with Crippen LogP contribution in [-0.2, 0) is 19.6 Å². The number of hydrogen-bond donors (Lipinski definition) is 0. The molecule has 1 fully saturated rings. The number of aryl methyl sites for hydroxylation is 1. The number of carbonyl (C=O) groups excluding carboxylic acids is 1. The normalized spacial score (nSPS) is 24.6. The van der Waals surface area contributed by atoms with E-state index in [1.807, 2.05) is 49.4 Å². The summed E-state index contributed by atoms with van der Waals surface area (Å²) in [6.45, 7) is 2.79. The fourth-order valence-electron chi connectivity index (χ4n) is 4.42. The minimum Gasteiger partial charge on any atom is -0.469 e. The molecular formula is C23H25NO4S. The molecule has 6 heteroatoms. The first-order valence-electron chi connectivity index (χ1n) is 9.82. The van der Waals surface area contributed by atoms with Gasteiger partial charge in [-0.3, -0.25) is 4.79 Å². The van der Waals surface area contributed by atoms with Gasteiger partial charge < -0.3 is 4.74 Å². The molecule has 0 saturated carbocycles. The van der Waals surface area contributed by atoms with E-state index in [0.29, 0.717) is 24.4 Å². The van der Waals surface area contributed by atoms with E-state index in [1.165, 1.54) is 7.11 Å². The zero-order valence-corrected chi connectivity index (χ0v) is 17.4. The van der Waals surface area contributed by atoms with E-state index in [-0.39, 0.29) is 23.7 Å². The molecule has 0 unspecified atom stereocenters. The highest BCUT2D eigenvalue weighted by atomic mass is 32.2. The highest BCUT2D eigenvalue weighted by molar-refractivity contribution is 7.89. The standard InChI is InChI=1S/C23H25NO4S/c1-16-8-10-20(11-9-16)29(26,27)24-14-18-12-21(17-6-4-3-5-7-17)22(23(25)28-2)13-19(18)15-24/h3-12,18-19,22H,13-15H2,1-2H3/t18-,19+,22+/m1/s1. The van der Waals surface area contributed by atoms with Crippen LogP contribution in [0.2, 0.25) is 0 Å². The molecule has 0 aromatic heterocycles. The second-order valence-corrected chi connectivity index (χ2v) is 9.80. The highest BCUT2D eigenvalue weighted by Crippen LogP contribution is 2.43.